The molecule has 1 aromatic rings. The molecule has 5 nitrogen and oxygen atoms in total. The highest BCUT2D eigenvalue weighted by molar-refractivity contribution is 9.10. The van der Waals surface area contributed by atoms with E-state index in [4.69, 9.17) is 21.4 Å². The van der Waals surface area contributed by atoms with Gasteiger partial charge in [0.1, 0.15) is 0 Å². The van der Waals surface area contributed by atoms with Crippen molar-refractivity contribution >= 4 is 39.4 Å². The molecular weight excluding hydrogens is 350 g/mol. The number of aliphatic carboxylic acids is 1. The molecule has 1 unspecified atom stereocenters. The predicted octanol–water partition coefficient (Wildman–Crippen LogP) is 2.42. The summed E-state index contributed by atoms with van der Waals surface area (Å²) in [5.41, 5.74) is 0.360. The van der Waals surface area contributed by atoms with Gasteiger partial charge in [0, 0.05) is 11.0 Å². The summed E-state index contributed by atoms with van der Waals surface area (Å²) < 4.78 is 5.89. The molecule has 1 aliphatic heterocycles. The molecule has 2 rings (SSSR count). The average Bonchev–Trinajstić information content (AvgIpc) is 2.41. The average molecular weight is 363 g/mol. The van der Waals surface area contributed by atoms with E-state index in [1.165, 1.54) is 4.90 Å². The lowest BCUT2D eigenvalue weighted by molar-refractivity contribution is -0.139. The third-order valence-electron chi connectivity index (χ3n) is 3.08. The summed E-state index contributed by atoms with van der Waals surface area (Å²) in [6.45, 7) is 0.983. The van der Waals surface area contributed by atoms with E-state index in [1.54, 1.807) is 18.2 Å². The first-order valence-electron chi connectivity index (χ1n) is 6.05. The summed E-state index contributed by atoms with van der Waals surface area (Å²) in [6, 6.07) is 4.62. The molecule has 0 aromatic heterocycles. The second-order valence-electron chi connectivity index (χ2n) is 4.43. The topological polar surface area (TPSA) is 66.8 Å². The fourth-order valence-electron chi connectivity index (χ4n) is 2.12. The zero-order chi connectivity index (χ0) is 14.7. The number of hydrogen-bond acceptors (Lipinski definition) is 3. The Morgan fingerprint density at radius 3 is 2.95 bits per heavy atom. The Bertz CT molecular complexity index is 537. The van der Waals surface area contributed by atoms with Gasteiger partial charge in [-0.25, -0.2) is 0 Å². The molecular formula is C13H13BrClNO4. The lowest BCUT2D eigenvalue weighted by atomic mass is 10.1. The quantitative estimate of drug-likeness (QED) is 0.897. The largest absolute Gasteiger partial charge is 0.481 e. The fourth-order valence-corrected chi connectivity index (χ4v) is 2.69. The smallest absolute Gasteiger partial charge is 0.305 e. The highest BCUT2D eigenvalue weighted by atomic mass is 79.9. The lowest BCUT2D eigenvalue weighted by Gasteiger charge is -2.35. The van der Waals surface area contributed by atoms with Crippen molar-refractivity contribution in [1.29, 1.82) is 0 Å². The van der Waals surface area contributed by atoms with Crippen molar-refractivity contribution in [2.24, 2.45) is 0 Å². The van der Waals surface area contributed by atoms with E-state index in [0.29, 0.717) is 28.2 Å². The van der Waals surface area contributed by atoms with E-state index in [9.17, 15) is 9.59 Å². The van der Waals surface area contributed by atoms with Crippen LogP contribution in [0, 0.1) is 0 Å². The Kier molecular flexibility index (Phi) is 5.01. The zero-order valence-corrected chi connectivity index (χ0v) is 12.9. The van der Waals surface area contributed by atoms with Gasteiger partial charge < -0.3 is 14.7 Å². The summed E-state index contributed by atoms with van der Waals surface area (Å²) in [6.07, 6.45) is -0.142. The number of carboxylic acids is 1. The Balaban J connectivity index is 2.25. The van der Waals surface area contributed by atoms with Gasteiger partial charge in [0.25, 0.3) is 5.91 Å². The molecule has 1 fully saturated rings. The minimum absolute atomic E-state index is 0.142. The molecule has 0 bridgehead atoms. The molecule has 1 aliphatic rings. The van der Waals surface area contributed by atoms with Gasteiger partial charge in [-0.1, -0.05) is 17.7 Å². The summed E-state index contributed by atoms with van der Waals surface area (Å²) in [7, 11) is 0. The lowest BCUT2D eigenvalue weighted by Crippen LogP contribution is -2.49. The molecule has 1 amide bonds. The highest BCUT2D eigenvalue weighted by Crippen LogP contribution is 2.28. The molecule has 1 N–H and O–H groups in total. The standard InChI is InChI=1S/C13H13BrClNO4/c14-10-3-1-2-9(12(10)15)13(19)16-4-5-20-7-8(16)6-11(17)18/h1-3,8H,4-7H2,(H,17,18). The molecule has 0 radical (unpaired) electrons. The molecule has 1 aromatic carbocycles. The Hall–Kier alpha value is -1.11. The Morgan fingerprint density at radius 2 is 2.25 bits per heavy atom. The van der Waals surface area contributed by atoms with Crippen LogP contribution in [0.3, 0.4) is 0 Å². The number of halogens is 2. The molecule has 1 atom stereocenters. The maximum absolute atomic E-state index is 12.5. The van der Waals surface area contributed by atoms with Gasteiger partial charge in [-0.15, -0.1) is 0 Å². The number of amides is 1. The van der Waals surface area contributed by atoms with E-state index in [2.05, 4.69) is 15.9 Å². The molecule has 7 heteroatoms. The monoisotopic (exact) mass is 361 g/mol. The number of morpholine rings is 1. The zero-order valence-electron chi connectivity index (χ0n) is 10.5. The highest BCUT2D eigenvalue weighted by Gasteiger charge is 2.30. The van der Waals surface area contributed by atoms with Crippen LogP contribution < -0.4 is 0 Å². The number of hydrogen-bond donors (Lipinski definition) is 1. The summed E-state index contributed by atoms with van der Waals surface area (Å²) in [5, 5.41) is 9.24. The molecule has 1 heterocycles. The minimum Gasteiger partial charge on any atom is -0.481 e. The molecule has 1 saturated heterocycles. The number of rotatable bonds is 3. The van der Waals surface area contributed by atoms with Crippen LogP contribution in [0.1, 0.15) is 16.8 Å². The molecule has 108 valence electrons. The first kappa shape index (κ1) is 15.3. The van der Waals surface area contributed by atoms with Gasteiger partial charge in [-0.2, -0.15) is 0 Å². The van der Waals surface area contributed by atoms with Gasteiger partial charge in [0.15, 0.2) is 0 Å². The number of carboxylic acid groups (broad SMARTS) is 1. The minimum atomic E-state index is -0.960. The van der Waals surface area contributed by atoms with Crippen molar-refractivity contribution in [1.82, 2.24) is 4.90 Å². The second kappa shape index (κ2) is 6.56. The van der Waals surface area contributed by atoms with E-state index >= 15 is 0 Å². The number of benzene rings is 1. The molecule has 0 aliphatic carbocycles. The number of carbonyl (C=O) groups excluding carboxylic acids is 1. The van der Waals surface area contributed by atoms with Crippen LogP contribution in [-0.4, -0.2) is 47.7 Å². The third-order valence-corrected chi connectivity index (χ3v) is 4.38. The van der Waals surface area contributed by atoms with Crippen molar-refractivity contribution in [2.45, 2.75) is 12.5 Å². The maximum Gasteiger partial charge on any atom is 0.305 e. The summed E-state index contributed by atoms with van der Waals surface area (Å²) in [5.74, 6) is -1.23. The molecule has 20 heavy (non-hydrogen) atoms. The Morgan fingerprint density at radius 1 is 1.50 bits per heavy atom. The van der Waals surface area contributed by atoms with Crippen LogP contribution in [0.4, 0.5) is 0 Å². The number of ether oxygens (including phenoxy) is 1. The van der Waals surface area contributed by atoms with Gasteiger partial charge in [0.05, 0.1) is 36.3 Å². The third kappa shape index (κ3) is 3.31. The van der Waals surface area contributed by atoms with E-state index in [-0.39, 0.29) is 18.9 Å². The van der Waals surface area contributed by atoms with Gasteiger partial charge in [0.2, 0.25) is 0 Å². The SMILES string of the molecule is O=C(O)CC1COCCN1C(=O)c1cccc(Br)c1Cl. The number of nitrogens with zero attached hydrogens (tertiary/aromatic N) is 1. The molecule has 0 spiro atoms. The van der Waals surface area contributed by atoms with Crippen molar-refractivity contribution < 1.29 is 19.4 Å². The van der Waals surface area contributed by atoms with Crippen molar-refractivity contribution in [3.63, 3.8) is 0 Å². The normalized spacial score (nSPS) is 18.9. The van der Waals surface area contributed by atoms with Crippen molar-refractivity contribution in [2.75, 3.05) is 19.8 Å². The second-order valence-corrected chi connectivity index (χ2v) is 5.66. The predicted molar refractivity (Wildman–Crippen MR) is 77.0 cm³/mol. The van der Waals surface area contributed by atoms with E-state index in [1.807, 2.05) is 0 Å². The van der Waals surface area contributed by atoms with Gasteiger partial charge in [-0.3, -0.25) is 9.59 Å². The van der Waals surface area contributed by atoms with Crippen molar-refractivity contribution in [3.05, 3.63) is 33.3 Å². The van der Waals surface area contributed by atoms with Gasteiger partial charge >= 0.3 is 5.97 Å². The fraction of sp³-hybridized carbons (Fsp3) is 0.385. The van der Waals surface area contributed by atoms with Crippen LogP contribution in [0.5, 0.6) is 0 Å². The van der Waals surface area contributed by atoms with Crippen LogP contribution in [0.2, 0.25) is 5.02 Å². The van der Waals surface area contributed by atoms with E-state index < -0.39 is 12.0 Å². The Labute approximate surface area is 129 Å². The first-order valence-corrected chi connectivity index (χ1v) is 7.22. The molecule has 0 saturated carbocycles. The number of carbonyl (C=O) groups is 2. The van der Waals surface area contributed by atoms with E-state index in [0.717, 1.165) is 0 Å². The van der Waals surface area contributed by atoms with Crippen LogP contribution in [-0.2, 0) is 9.53 Å². The summed E-state index contributed by atoms with van der Waals surface area (Å²) in [4.78, 5) is 24.9. The first-order chi connectivity index (χ1) is 9.50. The maximum atomic E-state index is 12.5. The van der Waals surface area contributed by atoms with Crippen LogP contribution >= 0.6 is 27.5 Å². The van der Waals surface area contributed by atoms with Crippen molar-refractivity contribution in [3.8, 4) is 0 Å². The summed E-state index contributed by atoms with van der Waals surface area (Å²) >= 11 is 9.39. The van der Waals surface area contributed by atoms with Crippen LogP contribution in [0.25, 0.3) is 0 Å². The van der Waals surface area contributed by atoms with Crippen LogP contribution in [0.15, 0.2) is 22.7 Å². The van der Waals surface area contributed by atoms with Gasteiger partial charge in [-0.05, 0) is 28.1 Å².